The largest absolute Gasteiger partial charge is 0.438 e. The highest BCUT2D eigenvalue weighted by atomic mass is 16.5. The Labute approximate surface area is 125 Å². The van der Waals surface area contributed by atoms with Gasteiger partial charge in [-0.05, 0) is 26.3 Å². The van der Waals surface area contributed by atoms with Crippen LogP contribution in [0.15, 0.2) is 36.7 Å². The molecule has 0 aliphatic heterocycles. The Bertz CT molecular complexity index is 623. The third-order valence-electron chi connectivity index (χ3n) is 3.08. The van der Waals surface area contributed by atoms with Crippen molar-refractivity contribution in [1.82, 2.24) is 9.97 Å². The van der Waals surface area contributed by atoms with Crippen LogP contribution in [-0.2, 0) is 6.42 Å². The summed E-state index contributed by atoms with van der Waals surface area (Å²) in [6.45, 7) is 6.93. The molecule has 0 saturated carbocycles. The molecule has 1 aromatic carbocycles. The molecular formula is C17H21N3O. The molecule has 1 aromatic heterocycles. The van der Waals surface area contributed by atoms with Gasteiger partial charge in [0.2, 0.25) is 5.88 Å². The molecule has 0 aliphatic rings. The highest BCUT2D eigenvalue weighted by molar-refractivity contribution is 5.58. The summed E-state index contributed by atoms with van der Waals surface area (Å²) in [7, 11) is 0. The molecule has 0 atom stereocenters. The summed E-state index contributed by atoms with van der Waals surface area (Å²) in [5.41, 5.74) is 2.03. The minimum Gasteiger partial charge on any atom is -0.438 e. The second kappa shape index (κ2) is 7.43. The third kappa shape index (κ3) is 3.60. The lowest BCUT2D eigenvalue weighted by Crippen LogP contribution is -2.06. The van der Waals surface area contributed by atoms with E-state index in [1.54, 1.807) is 0 Å². The number of hydrogen-bond donors (Lipinski definition) is 1. The van der Waals surface area contributed by atoms with E-state index in [1.807, 2.05) is 50.3 Å². The minimum absolute atomic E-state index is 0.611. The third-order valence-corrected chi connectivity index (χ3v) is 3.08. The van der Waals surface area contributed by atoms with Crippen LogP contribution in [0.2, 0.25) is 0 Å². The summed E-state index contributed by atoms with van der Waals surface area (Å²) in [4.78, 5) is 8.58. The predicted octanol–water partition coefficient (Wildman–Crippen LogP) is 4.30. The van der Waals surface area contributed by atoms with Crippen molar-refractivity contribution in [2.75, 3.05) is 11.9 Å². The Morgan fingerprint density at radius 1 is 1.19 bits per heavy atom. The van der Waals surface area contributed by atoms with Gasteiger partial charge >= 0.3 is 0 Å². The second-order valence-corrected chi connectivity index (χ2v) is 4.53. The van der Waals surface area contributed by atoms with Crippen LogP contribution in [0.25, 0.3) is 6.08 Å². The Hall–Kier alpha value is -2.36. The molecule has 0 aliphatic carbocycles. The molecule has 2 aromatic rings. The standard InChI is InChI=1S/C17H21N3O/c1-4-9-13-10-7-8-11-15(13)21-17-14(5-2)16(18-6-3)19-12-20-17/h4,7-12H,5-6H2,1-3H3,(H,18,19,20)/b9-4+. The van der Waals surface area contributed by atoms with Crippen molar-refractivity contribution in [1.29, 1.82) is 0 Å². The lowest BCUT2D eigenvalue weighted by molar-refractivity contribution is 0.454. The summed E-state index contributed by atoms with van der Waals surface area (Å²) in [5, 5.41) is 3.25. The summed E-state index contributed by atoms with van der Waals surface area (Å²) >= 11 is 0. The Morgan fingerprint density at radius 3 is 2.71 bits per heavy atom. The molecule has 1 heterocycles. The Kier molecular flexibility index (Phi) is 5.32. The number of rotatable bonds is 6. The first-order chi connectivity index (χ1) is 10.3. The van der Waals surface area contributed by atoms with Crippen molar-refractivity contribution >= 4 is 11.9 Å². The van der Waals surface area contributed by atoms with E-state index >= 15 is 0 Å². The molecule has 1 N–H and O–H groups in total. The van der Waals surface area contributed by atoms with Crippen LogP contribution >= 0.6 is 0 Å². The van der Waals surface area contributed by atoms with E-state index in [0.717, 1.165) is 35.7 Å². The molecule has 0 radical (unpaired) electrons. The number of anilines is 1. The number of para-hydroxylation sites is 1. The first-order valence-electron chi connectivity index (χ1n) is 7.27. The van der Waals surface area contributed by atoms with Crippen LogP contribution in [0.3, 0.4) is 0 Å². The van der Waals surface area contributed by atoms with Crippen molar-refractivity contribution in [3.05, 3.63) is 47.8 Å². The van der Waals surface area contributed by atoms with Gasteiger partial charge in [-0.3, -0.25) is 0 Å². The zero-order chi connectivity index (χ0) is 15.1. The highest BCUT2D eigenvalue weighted by Gasteiger charge is 2.12. The Balaban J connectivity index is 2.38. The number of ether oxygens (including phenoxy) is 1. The van der Waals surface area contributed by atoms with Crippen LogP contribution in [0.4, 0.5) is 5.82 Å². The van der Waals surface area contributed by atoms with E-state index in [9.17, 15) is 0 Å². The number of benzene rings is 1. The normalized spacial score (nSPS) is 10.8. The van der Waals surface area contributed by atoms with Gasteiger partial charge in [0, 0.05) is 12.1 Å². The highest BCUT2D eigenvalue weighted by Crippen LogP contribution is 2.30. The van der Waals surface area contributed by atoms with Gasteiger partial charge in [-0.25, -0.2) is 9.97 Å². The average Bonchev–Trinajstić information content (AvgIpc) is 2.50. The number of hydrogen-bond acceptors (Lipinski definition) is 4. The van der Waals surface area contributed by atoms with Gasteiger partial charge in [-0.1, -0.05) is 37.3 Å². The second-order valence-electron chi connectivity index (χ2n) is 4.53. The van der Waals surface area contributed by atoms with Gasteiger partial charge in [0.25, 0.3) is 0 Å². The zero-order valence-electron chi connectivity index (χ0n) is 12.8. The molecule has 2 rings (SSSR count). The molecule has 0 spiro atoms. The number of allylic oxidation sites excluding steroid dienone is 1. The molecule has 110 valence electrons. The van der Waals surface area contributed by atoms with Crippen molar-refractivity contribution < 1.29 is 4.74 Å². The van der Waals surface area contributed by atoms with E-state index in [2.05, 4.69) is 22.2 Å². The molecule has 0 unspecified atom stereocenters. The maximum atomic E-state index is 6.03. The quantitative estimate of drug-likeness (QED) is 0.858. The van der Waals surface area contributed by atoms with Crippen LogP contribution in [0.5, 0.6) is 11.6 Å². The van der Waals surface area contributed by atoms with E-state index < -0.39 is 0 Å². The summed E-state index contributed by atoms with van der Waals surface area (Å²) in [5.74, 6) is 2.25. The Morgan fingerprint density at radius 2 is 2.00 bits per heavy atom. The smallest absolute Gasteiger partial charge is 0.227 e. The number of aromatic nitrogens is 2. The molecule has 4 nitrogen and oxygen atoms in total. The van der Waals surface area contributed by atoms with Crippen LogP contribution in [0.1, 0.15) is 31.9 Å². The molecule has 0 fully saturated rings. The van der Waals surface area contributed by atoms with Gasteiger partial charge in [-0.2, -0.15) is 0 Å². The summed E-state index contributed by atoms with van der Waals surface area (Å²) < 4.78 is 6.03. The predicted molar refractivity (Wildman–Crippen MR) is 86.8 cm³/mol. The first-order valence-corrected chi connectivity index (χ1v) is 7.27. The fourth-order valence-electron chi connectivity index (χ4n) is 2.12. The van der Waals surface area contributed by atoms with E-state index in [-0.39, 0.29) is 0 Å². The van der Waals surface area contributed by atoms with Gasteiger partial charge in [0.15, 0.2) is 0 Å². The van der Waals surface area contributed by atoms with Crippen LogP contribution < -0.4 is 10.1 Å². The molecule has 21 heavy (non-hydrogen) atoms. The molecule has 4 heteroatoms. The van der Waals surface area contributed by atoms with E-state index in [1.165, 1.54) is 6.33 Å². The van der Waals surface area contributed by atoms with Crippen molar-refractivity contribution in [2.45, 2.75) is 27.2 Å². The number of nitrogens with one attached hydrogen (secondary N) is 1. The fraction of sp³-hybridized carbons (Fsp3) is 0.294. The average molecular weight is 283 g/mol. The van der Waals surface area contributed by atoms with E-state index in [0.29, 0.717) is 5.88 Å². The lowest BCUT2D eigenvalue weighted by atomic mass is 10.2. The maximum Gasteiger partial charge on any atom is 0.227 e. The van der Waals surface area contributed by atoms with Crippen molar-refractivity contribution in [3.8, 4) is 11.6 Å². The monoisotopic (exact) mass is 283 g/mol. The fourth-order valence-corrected chi connectivity index (χ4v) is 2.12. The number of nitrogens with zero attached hydrogens (tertiary/aromatic N) is 2. The zero-order valence-corrected chi connectivity index (χ0v) is 12.8. The molecule has 0 amide bonds. The molecule has 0 bridgehead atoms. The van der Waals surface area contributed by atoms with Gasteiger partial charge in [0.05, 0.1) is 5.56 Å². The van der Waals surface area contributed by atoms with Crippen molar-refractivity contribution in [3.63, 3.8) is 0 Å². The summed E-state index contributed by atoms with van der Waals surface area (Å²) in [6, 6.07) is 7.92. The van der Waals surface area contributed by atoms with Gasteiger partial charge in [-0.15, -0.1) is 0 Å². The maximum absolute atomic E-state index is 6.03. The van der Waals surface area contributed by atoms with Crippen molar-refractivity contribution in [2.24, 2.45) is 0 Å². The van der Waals surface area contributed by atoms with Gasteiger partial charge in [0.1, 0.15) is 17.9 Å². The van der Waals surface area contributed by atoms with Crippen LogP contribution in [-0.4, -0.2) is 16.5 Å². The van der Waals surface area contributed by atoms with Gasteiger partial charge < -0.3 is 10.1 Å². The molecule has 0 saturated heterocycles. The first kappa shape index (κ1) is 15.0. The van der Waals surface area contributed by atoms with Crippen LogP contribution in [0, 0.1) is 0 Å². The molecular weight excluding hydrogens is 262 g/mol. The van der Waals surface area contributed by atoms with E-state index in [4.69, 9.17) is 4.74 Å². The SMILES string of the molecule is C/C=C/c1ccccc1Oc1ncnc(NCC)c1CC. The minimum atomic E-state index is 0.611. The lowest BCUT2D eigenvalue weighted by Gasteiger charge is -2.14. The topological polar surface area (TPSA) is 47.0 Å². The summed E-state index contributed by atoms with van der Waals surface area (Å²) in [6.07, 6.45) is 6.36.